The van der Waals surface area contributed by atoms with Crippen LogP contribution in [0.15, 0.2) is 24.3 Å². The van der Waals surface area contributed by atoms with Crippen molar-refractivity contribution >= 4 is 17.4 Å². The van der Waals surface area contributed by atoms with E-state index in [1.807, 2.05) is 24.3 Å². The number of anilines is 2. The fourth-order valence-electron chi connectivity index (χ4n) is 2.19. The van der Waals surface area contributed by atoms with Gasteiger partial charge in [-0.05, 0) is 30.7 Å². The third kappa shape index (κ3) is 2.81. The molecule has 1 aliphatic rings. The van der Waals surface area contributed by atoms with Crippen LogP contribution in [-0.2, 0) is 0 Å². The van der Waals surface area contributed by atoms with E-state index < -0.39 is 0 Å². The second-order valence-electron chi connectivity index (χ2n) is 5.55. The summed E-state index contributed by atoms with van der Waals surface area (Å²) >= 11 is 0. The molecule has 19 heavy (non-hydrogen) atoms. The van der Waals surface area contributed by atoms with E-state index in [-0.39, 0.29) is 23.6 Å². The second kappa shape index (κ2) is 5.09. The highest BCUT2D eigenvalue weighted by Gasteiger charge is 2.47. The van der Waals surface area contributed by atoms with Gasteiger partial charge in [-0.1, -0.05) is 13.8 Å². The molecule has 5 nitrogen and oxygen atoms in total. The number of amides is 2. The molecule has 0 radical (unpaired) electrons. The molecule has 5 heteroatoms. The summed E-state index contributed by atoms with van der Waals surface area (Å²) in [6.45, 7) is 4.11. The zero-order valence-corrected chi connectivity index (χ0v) is 11.5. The molecule has 2 rings (SSSR count). The van der Waals surface area contributed by atoms with Crippen LogP contribution in [0.5, 0.6) is 0 Å². The molecule has 4 N–H and O–H groups in total. The van der Waals surface area contributed by atoms with Crippen molar-refractivity contribution in [3.05, 3.63) is 24.3 Å². The maximum absolute atomic E-state index is 11.2. The van der Waals surface area contributed by atoms with E-state index in [4.69, 9.17) is 0 Å². The number of carbonyl (C=O) groups excluding carboxylic acids is 1. The van der Waals surface area contributed by atoms with Crippen LogP contribution < -0.4 is 16.0 Å². The second-order valence-corrected chi connectivity index (χ2v) is 5.55. The van der Waals surface area contributed by atoms with Crippen molar-refractivity contribution in [3.8, 4) is 0 Å². The summed E-state index contributed by atoms with van der Waals surface area (Å²) in [6, 6.07) is 7.58. The van der Waals surface area contributed by atoms with Gasteiger partial charge in [-0.2, -0.15) is 0 Å². The Hall–Kier alpha value is -1.75. The number of carbonyl (C=O) groups is 1. The molecule has 1 aromatic carbocycles. The number of hydrogen-bond donors (Lipinski definition) is 4. The third-order valence-corrected chi connectivity index (χ3v) is 3.93. The van der Waals surface area contributed by atoms with Gasteiger partial charge < -0.3 is 21.1 Å². The topological polar surface area (TPSA) is 73.4 Å². The summed E-state index contributed by atoms with van der Waals surface area (Å²) in [5.41, 5.74) is 1.64. The van der Waals surface area contributed by atoms with E-state index in [1.54, 1.807) is 7.05 Å². The van der Waals surface area contributed by atoms with Crippen molar-refractivity contribution in [2.75, 3.05) is 17.7 Å². The lowest BCUT2D eigenvalue weighted by Gasteiger charge is -2.49. The number of aliphatic hydroxyl groups excluding tert-OH is 1. The van der Waals surface area contributed by atoms with E-state index in [2.05, 4.69) is 29.8 Å². The predicted octanol–water partition coefficient (Wildman–Crippen LogP) is 2.01. The summed E-state index contributed by atoms with van der Waals surface area (Å²) in [7, 11) is 1.58. The Morgan fingerprint density at radius 1 is 1.26 bits per heavy atom. The summed E-state index contributed by atoms with van der Waals surface area (Å²) in [5.74, 6) is 0. The first kappa shape index (κ1) is 13.7. The molecule has 1 fully saturated rings. The molecule has 0 aromatic heterocycles. The van der Waals surface area contributed by atoms with Crippen molar-refractivity contribution in [1.29, 1.82) is 0 Å². The highest BCUT2D eigenvalue weighted by atomic mass is 16.3. The molecular weight excluding hydrogens is 242 g/mol. The molecule has 0 bridgehead atoms. The van der Waals surface area contributed by atoms with Gasteiger partial charge in [-0.15, -0.1) is 0 Å². The van der Waals surface area contributed by atoms with Gasteiger partial charge in [0.15, 0.2) is 0 Å². The highest BCUT2D eigenvalue weighted by Crippen LogP contribution is 2.42. The summed E-state index contributed by atoms with van der Waals surface area (Å²) in [6.07, 6.45) is 0.532. The van der Waals surface area contributed by atoms with Gasteiger partial charge >= 0.3 is 6.03 Å². The zero-order chi connectivity index (χ0) is 14.0. The van der Waals surface area contributed by atoms with Crippen molar-refractivity contribution in [1.82, 2.24) is 5.32 Å². The SMILES string of the molecule is CNC(=O)Nc1ccc(NC2CC(O)C2(C)C)cc1. The molecule has 0 aliphatic heterocycles. The minimum atomic E-state index is -0.237. The largest absolute Gasteiger partial charge is 0.392 e. The number of benzene rings is 1. The molecule has 0 spiro atoms. The molecule has 1 saturated carbocycles. The predicted molar refractivity (Wildman–Crippen MR) is 76.3 cm³/mol. The minimum Gasteiger partial charge on any atom is -0.392 e. The van der Waals surface area contributed by atoms with Crippen molar-refractivity contribution < 1.29 is 9.90 Å². The molecule has 2 unspecified atom stereocenters. The van der Waals surface area contributed by atoms with Crippen molar-refractivity contribution in [2.45, 2.75) is 32.4 Å². The average Bonchev–Trinajstić information content (AvgIpc) is 2.40. The molecule has 104 valence electrons. The number of rotatable bonds is 3. The Morgan fingerprint density at radius 2 is 1.84 bits per heavy atom. The van der Waals surface area contributed by atoms with Crippen LogP contribution in [0.3, 0.4) is 0 Å². The van der Waals surface area contributed by atoms with Gasteiger partial charge in [0.25, 0.3) is 0 Å². The van der Waals surface area contributed by atoms with Crippen LogP contribution in [0.4, 0.5) is 16.2 Å². The molecule has 1 aliphatic carbocycles. The monoisotopic (exact) mass is 263 g/mol. The van der Waals surface area contributed by atoms with Gasteiger partial charge in [-0.3, -0.25) is 0 Å². The van der Waals surface area contributed by atoms with E-state index in [0.29, 0.717) is 0 Å². The summed E-state index contributed by atoms with van der Waals surface area (Å²) in [5, 5.41) is 18.3. The van der Waals surface area contributed by atoms with Gasteiger partial charge in [0.2, 0.25) is 0 Å². The average molecular weight is 263 g/mol. The maximum Gasteiger partial charge on any atom is 0.318 e. The van der Waals surface area contributed by atoms with Crippen LogP contribution >= 0.6 is 0 Å². The molecular formula is C14H21N3O2. The molecule has 0 saturated heterocycles. The van der Waals surface area contributed by atoms with E-state index in [9.17, 15) is 9.90 Å². The minimum absolute atomic E-state index is 0.0982. The van der Waals surface area contributed by atoms with Gasteiger partial charge in [0, 0.05) is 29.9 Å². The molecule has 0 heterocycles. The number of aliphatic hydroxyl groups is 1. The maximum atomic E-state index is 11.2. The van der Waals surface area contributed by atoms with Crippen LogP contribution in [0.25, 0.3) is 0 Å². The highest BCUT2D eigenvalue weighted by molar-refractivity contribution is 5.89. The lowest BCUT2D eigenvalue weighted by molar-refractivity contribution is -0.0510. The van der Waals surface area contributed by atoms with Crippen LogP contribution in [0, 0.1) is 5.41 Å². The van der Waals surface area contributed by atoms with Gasteiger partial charge in [-0.25, -0.2) is 4.79 Å². The lowest BCUT2D eigenvalue weighted by Crippen LogP contribution is -2.56. The lowest BCUT2D eigenvalue weighted by atomic mass is 9.64. The Morgan fingerprint density at radius 3 is 2.32 bits per heavy atom. The first-order valence-electron chi connectivity index (χ1n) is 6.47. The summed E-state index contributed by atoms with van der Waals surface area (Å²) < 4.78 is 0. The number of hydrogen-bond acceptors (Lipinski definition) is 3. The normalized spacial score (nSPS) is 24.2. The van der Waals surface area contributed by atoms with E-state index in [1.165, 1.54) is 0 Å². The van der Waals surface area contributed by atoms with Gasteiger partial charge in [0.05, 0.1) is 6.10 Å². The number of urea groups is 1. The number of nitrogens with one attached hydrogen (secondary N) is 3. The third-order valence-electron chi connectivity index (χ3n) is 3.93. The molecule has 2 atom stereocenters. The quantitative estimate of drug-likeness (QED) is 0.674. The van der Waals surface area contributed by atoms with E-state index >= 15 is 0 Å². The van der Waals surface area contributed by atoms with Crippen LogP contribution in [0.1, 0.15) is 20.3 Å². The fourth-order valence-corrected chi connectivity index (χ4v) is 2.19. The smallest absolute Gasteiger partial charge is 0.318 e. The van der Waals surface area contributed by atoms with Crippen molar-refractivity contribution in [2.24, 2.45) is 5.41 Å². The standard InChI is InChI=1S/C14H21N3O2/c1-14(2)11(8-12(14)18)16-9-4-6-10(7-5-9)17-13(19)15-3/h4-7,11-12,16,18H,8H2,1-3H3,(H2,15,17,19). The Kier molecular flexibility index (Phi) is 3.66. The zero-order valence-electron chi connectivity index (χ0n) is 11.5. The Balaban J connectivity index is 1.94. The van der Waals surface area contributed by atoms with Crippen LogP contribution in [-0.4, -0.2) is 30.3 Å². The Labute approximate surface area is 113 Å². The first-order valence-corrected chi connectivity index (χ1v) is 6.47. The fraction of sp³-hybridized carbons (Fsp3) is 0.500. The Bertz CT molecular complexity index is 456. The molecule has 2 amide bonds. The molecule has 1 aromatic rings. The van der Waals surface area contributed by atoms with Crippen LogP contribution in [0.2, 0.25) is 0 Å². The summed E-state index contributed by atoms with van der Waals surface area (Å²) in [4.78, 5) is 11.2. The first-order chi connectivity index (χ1) is 8.93. The van der Waals surface area contributed by atoms with Crippen molar-refractivity contribution in [3.63, 3.8) is 0 Å². The van der Waals surface area contributed by atoms with E-state index in [0.717, 1.165) is 17.8 Å². The van der Waals surface area contributed by atoms with Gasteiger partial charge in [0.1, 0.15) is 0 Å².